The van der Waals surface area contributed by atoms with E-state index in [9.17, 15) is 14.0 Å². The van der Waals surface area contributed by atoms with Gasteiger partial charge in [-0.3, -0.25) is 14.2 Å². The Balaban J connectivity index is 1.46. The fourth-order valence-corrected chi connectivity index (χ4v) is 3.42. The lowest BCUT2D eigenvalue weighted by atomic mass is 10.1. The summed E-state index contributed by atoms with van der Waals surface area (Å²) < 4.78 is 14.8. The zero-order chi connectivity index (χ0) is 22.1. The molecule has 5 rings (SSSR count). The number of H-pyrrole nitrogens is 1. The molecule has 0 aliphatic rings. The predicted octanol–water partition coefficient (Wildman–Crippen LogP) is 3.56. The zero-order valence-electron chi connectivity index (χ0n) is 16.5. The number of imidazole rings is 1. The van der Waals surface area contributed by atoms with Crippen LogP contribution in [-0.4, -0.2) is 30.4 Å². The van der Waals surface area contributed by atoms with Gasteiger partial charge < -0.3 is 10.3 Å². The Hall–Kier alpha value is -4.66. The highest BCUT2D eigenvalue weighted by atomic mass is 19.1. The van der Waals surface area contributed by atoms with Crippen LogP contribution >= 0.6 is 0 Å². The van der Waals surface area contributed by atoms with Gasteiger partial charge in [-0.2, -0.15) is 0 Å². The van der Waals surface area contributed by atoms with Crippen LogP contribution < -0.4 is 10.9 Å². The predicted molar refractivity (Wildman–Crippen MR) is 117 cm³/mol. The Labute approximate surface area is 180 Å². The van der Waals surface area contributed by atoms with Crippen molar-refractivity contribution < 1.29 is 9.18 Å². The summed E-state index contributed by atoms with van der Waals surface area (Å²) in [6, 6.07) is 15.7. The van der Waals surface area contributed by atoms with Gasteiger partial charge in [0.25, 0.3) is 11.5 Å². The number of fused-ring (bicyclic) bond motifs is 1. The maximum Gasteiger partial charge on any atom is 0.267 e. The smallest absolute Gasteiger partial charge is 0.267 e. The molecule has 0 atom stereocenters. The van der Waals surface area contributed by atoms with E-state index in [1.165, 1.54) is 47.7 Å². The molecular formula is C23H15FN6O2. The lowest BCUT2D eigenvalue weighted by molar-refractivity contribution is 0.102. The summed E-state index contributed by atoms with van der Waals surface area (Å²) >= 11 is 0. The molecule has 1 amide bonds. The highest BCUT2D eigenvalue weighted by Gasteiger charge is 2.15. The highest BCUT2D eigenvalue weighted by Crippen LogP contribution is 2.25. The third kappa shape index (κ3) is 3.52. The number of hydrogen-bond acceptors (Lipinski definition) is 5. The Morgan fingerprint density at radius 2 is 1.88 bits per heavy atom. The van der Waals surface area contributed by atoms with E-state index in [1.54, 1.807) is 30.3 Å². The molecule has 0 aliphatic carbocycles. The summed E-state index contributed by atoms with van der Waals surface area (Å²) in [7, 11) is 0. The number of anilines is 1. The van der Waals surface area contributed by atoms with E-state index in [0.29, 0.717) is 28.2 Å². The van der Waals surface area contributed by atoms with Gasteiger partial charge in [-0.05, 0) is 42.5 Å². The van der Waals surface area contributed by atoms with Crippen molar-refractivity contribution in [3.05, 3.63) is 101 Å². The molecule has 0 radical (unpaired) electrons. The second kappa shape index (κ2) is 7.88. The number of amides is 1. The number of rotatable bonds is 4. The van der Waals surface area contributed by atoms with E-state index in [0.717, 1.165) is 5.56 Å². The summed E-state index contributed by atoms with van der Waals surface area (Å²) in [6.07, 6.45) is 4.44. The summed E-state index contributed by atoms with van der Waals surface area (Å²) in [6.45, 7) is 0. The normalized spacial score (nSPS) is 10.9. The molecule has 0 aliphatic heterocycles. The van der Waals surface area contributed by atoms with E-state index in [4.69, 9.17) is 0 Å². The van der Waals surface area contributed by atoms with Gasteiger partial charge in [0.1, 0.15) is 23.2 Å². The number of nitrogens with zero attached hydrogens (tertiary/aromatic N) is 4. The fraction of sp³-hybridized carbons (Fsp3) is 0. The number of carbonyl (C=O) groups excluding carboxylic acids is 1. The summed E-state index contributed by atoms with van der Waals surface area (Å²) in [5.74, 6) is -1.05. The number of benzene rings is 2. The molecule has 2 N–H and O–H groups in total. The maximum atomic E-state index is 13.6. The van der Waals surface area contributed by atoms with Crippen LogP contribution in [0.4, 0.5) is 10.1 Å². The number of aromatic nitrogens is 5. The molecule has 9 heteroatoms. The topological polar surface area (TPSA) is 106 Å². The third-order valence-electron chi connectivity index (χ3n) is 4.90. The van der Waals surface area contributed by atoms with Gasteiger partial charge >= 0.3 is 0 Å². The standard InChI is InChI=1S/C23H15FN6O2/c24-15-5-2-7-17(11-15)30-9-3-8-18(23(30)32)22(31)29-16-6-1-4-14(10-16)19-20-21(27-12-25-19)28-13-26-20/h1-13H,(H,29,31)(H,25,26,27,28). The van der Waals surface area contributed by atoms with Crippen LogP contribution in [-0.2, 0) is 0 Å². The van der Waals surface area contributed by atoms with E-state index in [1.807, 2.05) is 6.07 Å². The molecule has 5 aromatic rings. The van der Waals surface area contributed by atoms with Gasteiger partial charge in [-0.25, -0.2) is 19.3 Å². The average Bonchev–Trinajstić information content (AvgIpc) is 3.28. The molecule has 3 aromatic heterocycles. The number of hydrogen-bond donors (Lipinski definition) is 2. The van der Waals surface area contributed by atoms with Crippen molar-refractivity contribution >= 4 is 22.8 Å². The van der Waals surface area contributed by atoms with Crippen LogP contribution in [0, 0.1) is 5.82 Å². The first-order chi connectivity index (χ1) is 15.6. The van der Waals surface area contributed by atoms with Crippen LogP contribution in [0.3, 0.4) is 0 Å². The Morgan fingerprint density at radius 1 is 1.00 bits per heavy atom. The largest absolute Gasteiger partial charge is 0.341 e. The molecule has 0 fully saturated rings. The maximum absolute atomic E-state index is 13.6. The third-order valence-corrected chi connectivity index (χ3v) is 4.90. The Bertz CT molecular complexity index is 1520. The van der Waals surface area contributed by atoms with Crippen LogP contribution in [0.15, 0.2) is 84.3 Å². The van der Waals surface area contributed by atoms with E-state index in [-0.39, 0.29) is 5.56 Å². The summed E-state index contributed by atoms with van der Waals surface area (Å²) in [5.41, 5.74) is 2.78. The first-order valence-electron chi connectivity index (χ1n) is 9.63. The molecule has 0 bridgehead atoms. The number of nitrogens with one attached hydrogen (secondary N) is 2. The van der Waals surface area contributed by atoms with Crippen molar-refractivity contribution in [2.24, 2.45) is 0 Å². The van der Waals surface area contributed by atoms with Crippen molar-refractivity contribution in [2.75, 3.05) is 5.32 Å². The first kappa shape index (κ1) is 19.3. The first-order valence-corrected chi connectivity index (χ1v) is 9.63. The molecule has 3 heterocycles. The van der Waals surface area contributed by atoms with Gasteiger partial charge in [0.15, 0.2) is 5.65 Å². The zero-order valence-corrected chi connectivity index (χ0v) is 16.5. The van der Waals surface area contributed by atoms with Crippen molar-refractivity contribution in [1.29, 1.82) is 0 Å². The Kier molecular flexibility index (Phi) is 4.75. The Morgan fingerprint density at radius 3 is 2.75 bits per heavy atom. The molecule has 156 valence electrons. The van der Waals surface area contributed by atoms with Crippen LogP contribution in [0.2, 0.25) is 0 Å². The van der Waals surface area contributed by atoms with E-state index >= 15 is 0 Å². The molecule has 8 nitrogen and oxygen atoms in total. The van der Waals surface area contributed by atoms with Gasteiger partial charge in [0, 0.05) is 17.4 Å². The minimum Gasteiger partial charge on any atom is -0.341 e. The molecule has 0 saturated heterocycles. The number of pyridine rings is 1. The SMILES string of the molecule is O=C(Nc1cccc(-c2ncnc3nc[nH]c23)c1)c1cccn(-c2cccc(F)c2)c1=O. The molecule has 2 aromatic carbocycles. The molecule has 0 saturated carbocycles. The minimum atomic E-state index is -0.577. The number of carbonyl (C=O) groups is 1. The van der Waals surface area contributed by atoms with Gasteiger partial charge in [0.05, 0.1) is 17.7 Å². The molecule has 0 unspecified atom stereocenters. The van der Waals surface area contributed by atoms with Crippen molar-refractivity contribution in [3.8, 4) is 16.9 Å². The van der Waals surface area contributed by atoms with Crippen LogP contribution in [0.1, 0.15) is 10.4 Å². The van der Waals surface area contributed by atoms with E-state index < -0.39 is 17.3 Å². The molecule has 0 spiro atoms. The summed E-state index contributed by atoms with van der Waals surface area (Å²) in [5, 5.41) is 2.75. The van der Waals surface area contributed by atoms with Gasteiger partial charge in [-0.1, -0.05) is 18.2 Å². The number of aromatic amines is 1. The van der Waals surface area contributed by atoms with Crippen LogP contribution in [0.5, 0.6) is 0 Å². The average molecular weight is 426 g/mol. The number of halogens is 1. The van der Waals surface area contributed by atoms with Crippen molar-refractivity contribution in [2.45, 2.75) is 0 Å². The minimum absolute atomic E-state index is 0.0693. The summed E-state index contributed by atoms with van der Waals surface area (Å²) in [4.78, 5) is 41.3. The monoisotopic (exact) mass is 426 g/mol. The quantitative estimate of drug-likeness (QED) is 0.457. The second-order valence-electron chi connectivity index (χ2n) is 6.94. The van der Waals surface area contributed by atoms with Gasteiger partial charge in [0.2, 0.25) is 0 Å². The van der Waals surface area contributed by atoms with Crippen molar-refractivity contribution in [3.63, 3.8) is 0 Å². The lowest BCUT2D eigenvalue weighted by Gasteiger charge is -2.10. The fourth-order valence-electron chi connectivity index (χ4n) is 3.42. The highest BCUT2D eigenvalue weighted by molar-refractivity contribution is 6.04. The van der Waals surface area contributed by atoms with E-state index in [2.05, 4.69) is 25.3 Å². The molecular weight excluding hydrogens is 411 g/mol. The van der Waals surface area contributed by atoms with Crippen molar-refractivity contribution in [1.82, 2.24) is 24.5 Å². The molecule has 32 heavy (non-hydrogen) atoms. The lowest BCUT2D eigenvalue weighted by Crippen LogP contribution is -2.27. The van der Waals surface area contributed by atoms with Gasteiger partial charge in [-0.15, -0.1) is 0 Å². The van der Waals surface area contributed by atoms with Crippen LogP contribution in [0.25, 0.3) is 28.1 Å². The second-order valence-corrected chi connectivity index (χ2v) is 6.94.